The zero-order valence-corrected chi connectivity index (χ0v) is 18.0. The number of hydrogen-bond acceptors (Lipinski definition) is 7. The van der Waals surface area contributed by atoms with Crippen molar-refractivity contribution in [2.45, 2.75) is 6.92 Å². The predicted molar refractivity (Wildman–Crippen MR) is 121 cm³/mol. The molecule has 162 valence electrons. The molecule has 2 aliphatic rings. The highest BCUT2D eigenvalue weighted by atomic mass is 32.1. The minimum Gasteiger partial charge on any atom is -0.497 e. The Bertz CT molecular complexity index is 1070. The van der Waals surface area contributed by atoms with Crippen LogP contribution in [0, 0.1) is 17.0 Å². The summed E-state index contributed by atoms with van der Waals surface area (Å²) in [6.07, 6.45) is 0. The monoisotopic (exact) mass is 442 g/mol. The molecule has 2 heterocycles. The molecule has 9 nitrogen and oxygen atoms in total. The molecule has 10 heteroatoms. The Balaban J connectivity index is 1.93. The van der Waals surface area contributed by atoms with Crippen molar-refractivity contribution in [2.75, 3.05) is 49.8 Å². The molecule has 0 aliphatic carbocycles. The third-order valence-corrected chi connectivity index (χ3v) is 5.73. The number of benzene rings is 2. The van der Waals surface area contributed by atoms with E-state index in [1.54, 1.807) is 17.0 Å². The lowest BCUT2D eigenvalue weighted by atomic mass is 9.96. The van der Waals surface area contributed by atoms with E-state index >= 15 is 0 Å². The van der Waals surface area contributed by atoms with E-state index in [2.05, 4.69) is 10.2 Å². The molecule has 1 amide bonds. The average Bonchev–Trinajstić information content (AvgIpc) is 3.11. The number of methoxy groups -OCH3 is 1. The number of nitrogens with one attached hydrogen (secondary N) is 1. The molecule has 0 unspecified atom stereocenters. The van der Waals surface area contributed by atoms with Crippen LogP contribution in [0.4, 0.5) is 17.1 Å². The summed E-state index contributed by atoms with van der Waals surface area (Å²) in [5, 5.41) is 14.9. The number of thiocarbonyl (C=S) groups is 1. The molecule has 0 saturated carbocycles. The van der Waals surface area contributed by atoms with E-state index in [-0.39, 0.29) is 18.1 Å². The zero-order valence-electron chi connectivity index (χ0n) is 17.2. The first kappa shape index (κ1) is 21.0. The normalized spacial score (nSPS) is 16.5. The van der Waals surface area contributed by atoms with Gasteiger partial charge in [-0.25, -0.2) is 0 Å². The van der Waals surface area contributed by atoms with E-state index in [9.17, 15) is 14.9 Å². The van der Waals surface area contributed by atoms with E-state index in [1.807, 2.05) is 19.1 Å². The van der Waals surface area contributed by atoms with Crippen LogP contribution in [0.3, 0.4) is 0 Å². The molecule has 0 atom stereocenters. The second-order valence-electron chi connectivity index (χ2n) is 7.34. The summed E-state index contributed by atoms with van der Waals surface area (Å²) in [5.41, 5.74) is 3.67. The molecule has 2 saturated heterocycles. The number of anilines is 2. The van der Waals surface area contributed by atoms with E-state index in [4.69, 9.17) is 21.7 Å². The number of nitro groups is 1. The third-order valence-electron chi connectivity index (χ3n) is 5.41. The first-order valence-corrected chi connectivity index (χ1v) is 10.2. The van der Waals surface area contributed by atoms with Crippen molar-refractivity contribution in [3.8, 4) is 16.9 Å². The zero-order chi connectivity index (χ0) is 22.1. The van der Waals surface area contributed by atoms with Gasteiger partial charge in [0.15, 0.2) is 5.11 Å². The van der Waals surface area contributed by atoms with Gasteiger partial charge < -0.3 is 24.6 Å². The van der Waals surface area contributed by atoms with Gasteiger partial charge in [0.25, 0.3) is 5.69 Å². The molecule has 0 bridgehead atoms. The fourth-order valence-electron chi connectivity index (χ4n) is 4.00. The van der Waals surface area contributed by atoms with Crippen LogP contribution in [0.15, 0.2) is 30.3 Å². The smallest absolute Gasteiger partial charge is 0.280 e. The lowest BCUT2D eigenvalue weighted by Gasteiger charge is -2.33. The van der Waals surface area contributed by atoms with Crippen molar-refractivity contribution in [1.29, 1.82) is 0 Å². The van der Waals surface area contributed by atoms with Crippen LogP contribution < -0.4 is 19.9 Å². The highest BCUT2D eigenvalue weighted by Gasteiger charge is 2.29. The van der Waals surface area contributed by atoms with Gasteiger partial charge in [0.1, 0.15) is 12.3 Å². The summed E-state index contributed by atoms with van der Waals surface area (Å²) in [6, 6.07) is 8.64. The number of rotatable bonds is 5. The predicted octanol–water partition coefficient (Wildman–Crippen LogP) is 2.64. The summed E-state index contributed by atoms with van der Waals surface area (Å²) in [5.74, 6) is 0.226. The van der Waals surface area contributed by atoms with E-state index in [0.717, 1.165) is 11.3 Å². The second-order valence-corrected chi connectivity index (χ2v) is 7.72. The molecule has 4 rings (SSSR count). The van der Waals surface area contributed by atoms with Gasteiger partial charge >= 0.3 is 0 Å². The van der Waals surface area contributed by atoms with Crippen LogP contribution in [0.25, 0.3) is 11.1 Å². The number of aryl methyl sites for hydroxylation is 1. The van der Waals surface area contributed by atoms with E-state index < -0.39 is 4.92 Å². The number of morpholine rings is 1. The Kier molecular flexibility index (Phi) is 5.75. The van der Waals surface area contributed by atoms with Gasteiger partial charge in [-0.3, -0.25) is 14.9 Å². The molecule has 2 fully saturated rings. The molecule has 0 spiro atoms. The Morgan fingerprint density at radius 3 is 2.55 bits per heavy atom. The Labute approximate surface area is 184 Å². The number of carbonyl (C=O) groups excluding carboxylic acids is 1. The topological polar surface area (TPSA) is 97.2 Å². The summed E-state index contributed by atoms with van der Waals surface area (Å²) >= 11 is 5.30. The molecule has 1 N–H and O–H groups in total. The fraction of sp³-hybridized carbons (Fsp3) is 0.333. The van der Waals surface area contributed by atoms with Crippen LogP contribution in [0.5, 0.6) is 5.75 Å². The second kappa shape index (κ2) is 8.48. The van der Waals surface area contributed by atoms with Crippen LogP contribution in [0.2, 0.25) is 0 Å². The number of amides is 1. The molecule has 2 aromatic carbocycles. The summed E-state index contributed by atoms with van der Waals surface area (Å²) < 4.78 is 10.7. The largest absolute Gasteiger partial charge is 0.497 e. The fourth-order valence-corrected chi connectivity index (χ4v) is 4.28. The van der Waals surface area contributed by atoms with Gasteiger partial charge in [-0.2, -0.15) is 0 Å². The van der Waals surface area contributed by atoms with Crippen molar-refractivity contribution in [3.63, 3.8) is 0 Å². The number of carbonyl (C=O) groups is 1. The highest BCUT2D eigenvalue weighted by molar-refractivity contribution is 7.80. The quantitative estimate of drug-likeness (QED) is 0.429. The van der Waals surface area contributed by atoms with Crippen molar-refractivity contribution >= 4 is 40.3 Å². The van der Waals surface area contributed by atoms with Gasteiger partial charge in [0, 0.05) is 30.0 Å². The molecular formula is C21H22N4O5S. The highest BCUT2D eigenvalue weighted by Crippen LogP contribution is 2.43. The maximum Gasteiger partial charge on any atom is 0.280 e. The molecule has 31 heavy (non-hydrogen) atoms. The maximum atomic E-state index is 11.9. The first-order valence-electron chi connectivity index (χ1n) is 9.80. The van der Waals surface area contributed by atoms with E-state index in [1.165, 1.54) is 13.2 Å². The van der Waals surface area contributed by atoms with Crippen LogP contribution in [0.1, 0.15) is 5.56 Å². The van der Waals surface area contributed by atoms with Gasteiger partial charge in [-0.15, -0.1) is 0 Å². The number of ether oxygens (including phenoxy) is 2. The lowest BCUT2D eigenvalue weighted by Crippen LogP contribution is -2.37. The number of hydrogen-bond donors (Lipinski definition) is 1. The van der Waals surface area contributed by atoms with Crippen molar-refractivity contribution in [3.05, 3.63) is 46.0 Å². The van der Waals surface area contributed by atoms with Crippen LogP contribution in [-0.2, 0) is 9.53 Å². The third kappa shape index (κ3) is 4.04. The van der Waals surface area contributed by atoms with Gasteiger partial charge in [-0.05, 0) is 49.0 Å². The van der Waals surface area contributed by atoms with E-state index in [0.29, 0.717) is 54.0 Å². The van der Waals surface area contributed by atoms with Gasteiger partial charge in [-0.1, -0.05) is 0 Å². The SMILES string of the molecule is COc1ccc(-c2cc(N3CC(=O)NC3=S)cc(C)c2N2CCOCC2)c([N+](=O)[O-])c1. The van der Waals surface area contributed by atoms with Crippen molar-refractivity contribution in [2.24, 2.45) is 0 Å². The van der Waals surface area contributed by atoms with Crippen molar-refractivity contribution < 1.29 is 19.2 Å². The summed E-state index contributed by atoms with van der Waals surface area (Å²) in [4.78, 5) is 27.2. The van der Waals surface area contributed by atoms with Crippen LogP contribution >= 0.6 is 12.2 Å². The number of nitrogens with zero attached hydrogens (tertiary/aromatic N) is 3. The van der Waals surface area contributed by atoms with Crippen LogP contribution in [-0.4, -0.2) is 55.9 Å². The van der Waals surface area contributed by atoms with Gasteiger partial charge in [0.05, 0.1) is 36.9 Å². The molecule has 2 aliphatic heterocycles. The minimum absolute atomic E-state index is 0.0522. The molecule has 2 aromatic rings. The standard InChI is InChI=1S/C21H22N4O5S/c1-13-9-14(24-12-19(26)22-21(24)31)10-17(20(13)23-5-7-30-8-6-23)16-4-3-15(29-2)11-18(16)25(27)28/h3-4,9-11H,5-8,12H2,1-2H3,(H,22,26,31). The first-order chi connectivity index (χ1) is 14.9. The molecule has 0 radical (unpaired) electrons. The summed E-state index contributed by atoms with van der Waals surface area (Å²) in [6.45, 7) is 4.60. The number of nitro benzene ring substituents is 1. The molecular weight excluding hydrogens is 420 g/mol. The minimum atomic E-state index is -0.408. The average molecular weight is 442 g/mol. The van der Waals surface area contributed by atoms with Gasteiger partial charge in [0.2, 0.25) is 5.91 Å². The Morgan fingerprint density at radius 1 is 1.19 bits per heavy atom. The Morgan fingerprint density at radius 2 is 1.94 bits per heavy atom. The van der Waals surface area contributed by atoms with Crippen molar-refractivity contribution in [1.82, 2.24) is 5.32 Å². The summed E-state index contributed by atoms with van der Waals surface area (Å²) in [7, 11) is 1.47. The maximum absolute atomic E-state index is 11.9. The molecule has 0 aromatic heterocycles. The Hall–Kier alpha value is -3.24. The lowest BCUT2D eigenvalue weighted by molar-refractivity contribution is -0.384.